The smallest absolute Gasteiger partial charge is 0.338 e. The van der Waals surface area contributed by atoms with Gasteiger partial charge in [-0.05, 0) is 44.2 Å². The molecule has 0 fully saturated rings. The molecule has 0 saturated heterocycles. The minimum absolute atomic E-state index is 0.252. The van der Waals surface area contributed by atoms with Crippen molar-refractivity contribution in [3.8, 4) is 17.2 Å². The van der Waals surface area contributed by atoms with Gasteiger partial charge in [0.05, 0.1) is 24.1 Å². The van der Waals surface area contributed by atoms with E-state index in [1.807, 2.05) is 6.07 Å². The van der Waals surface area contributed by atoms with E-state index in [0.29, 0.717) is 28.4 Å². The Balaban J connectivity index is 1.88. The number of imidazole rings is 1. The summed E-state index contributed by atoms with van der Waals surface area (Å²) in [6.45, 7) is 3.63. The molecule has 0 amide bonds. The van der Waals surface area contributed by atoms with Crippen LogP contribution in [0.25, 0.3) is 22.9 Å². The van der Waals surface area contributed by atoms with Crippen molar-refractivity contribution in [1.82, 2.24) is 29.4 Å². The molecule has 1 unspecified atom stereocenters. The van der Waals surface area contributed by atoms with Crippen LogP contribution in [0.4, 0.5) is 0 Å². The molecule has 4 rings (SSSR count). The molecule has 9 nitrogen and oxygen atoms in total. The van der Waals surface area contributed by atoms with Crippen molar-refractivity contribution in [1.29, 1.82) is 0 Å². The van der Waals surface area contributed by atoms with Crippen LogP contribution < -0.4 is 0 Å². The first-order chi connectivity index (χ1) is 13.6. The SMILES string of the molecule is CCOC(=O)c1cccc(-n2nc(C(C)O)nc2-c2cnc3cccnn23)c1. The maximum Gasteiger partial charge on any atom is 0.338 e. The maximum absolute atomic E-state index is 12.1. The van der Waals surface area contributed by atoms with Crippen LogP contribution >= 0.6 is 0 Å². The molecule has 0 radical (unpaired) electrons. The van der Waals surface area contributed by atoms with E-state index >= 15 is 0 Å². The van der Waals surface area contributed by atoms with Gasteiger partial charge in [-0.25, -0.2) is 24.0 Å². The number of hydrogen-bond donors (Lipinski definition) is 1. The Morgan fingerprint density at radius 3 is 2.93 bits per heavy atom. The molecule has 1 atom stereocenters. The molecule has 0 aliphatic carbocycles. The zero-order valence-electron chi connectivity index (χ0n) is 15.4. The van der Waals surface area contributed by atoms with E-state index in [1.54, 1.807) is 65.8 Å². The average Bonchev–Trinajstić information content (AvgIpc) is 3.32. The Morgan fingerprint density at radius 2 is 2.14 bits per heavy atom. The van der Waals surface area contributed by atoms with Crippen molar-refractivity contribution in [3.05, 3.63) is 60.2 Å². The molecule has 0 saturated carbocycles. The molecule has 9 heteroatoms. The number of carbonyl (C=O) groups excluding carboxylic acids is 1. The highest BCUT2D eigenvalue weighted by Crippen LogP contribution is 2.24. The fraction of sp³-hybridized carbons (Fsp3) is 0.211. The van der Waals surface area contributed by atoms with Gasteiger partial charge in [-0.15, -0.1) is 5.10 Å². The number of carbonyl (C=O) groups is 1. The van der Waals surface area contributed by atoms with Crippen molar-refractivity contribution in [2.75, 3.05) is 6.61 Å². The van der Waals surface area contributed by atoms with Crippen molar-refractivity contribution in [3.63, 3.8) is 0 Å². The Morgan fingerprint density at radius 1 is 1.29 bits per heavy atom. The third kappa shape index (κ3) is 3.12. The second-order valence-electron chi connectivity index (χ2n) is 6.09. The number of fused-ring (bicyclic) bond motifs is 1. The Bertz CT molecular complexity index is 1150. The summed E-state index contributed by atoms with van der Waals surface area (Å²) < 4.78 is 8.27. The van der Waals surface area contributed by atoms with Crippen LogP contribution in [-0.4, -0.2) is 47.0 Å². The molecule has 28 heavy (non-hydrogen) atoms. The van der Waals surface area contributed by atoms with Crippen LogP contribution in [0.15, 0.2) is 48.8 Å². The number of aromatic nitrogens is 6. The number of rotatable bonds is 5. The third-order valence-electron chi connectivity index (χ3n) is 4.11. The Labute approximate surface area is 160 Å². The van der Waals surface area contributed by atoms with E-state index in [4.69, 9.17) is 4.74 Å². The summed E-state index contributed by atoms with van der Waals surface area (Å²) in [6, 6.07) is 10.5. The molecule has 1 N–H and O–H groups in total. The molecule has 3 aromatic heterocycles. The molecular weight excluding hydrogens is 360 g/mol. The lowest BCUT2D eigenvalue weighted by Crippen LogP contribution is -2.07. The standard InChI is InChI=1S/C19H18N6O3/c1-3-28-19(27)13-6-4-7-14(10-13)24-18(22-17(23-24)12(2)26)15-11-20-16-8-5-9-21-25(15)16/h4-12,26H,3H2,1-2H3. The highest BCUT2D eigenvalue weighted by molar-refractivity contribution is 5.90. The van der Waals surface area contributed by atoms with Gasteiger partial charge in [-0.2, -0.15) is 5.10 Å². The largest absolute Gasteiger partial charge is 0.462 e. The van der Waals surface area contributed by atoms with Crippen LogP contribution in [0, 0.1) is 0 Å². The molecule has 0 spiro atoms. The number of hydrogen-bond acceptors (Lipinski definition) is 7. The molecule has 0 aliphatic rings. The second-order valence-corrected chi connectivity index (χ2v) is 6.09. The molecule has 142 valence electrons. The van der Waals surface area contributed by atoms with Gasteiger partial charge in [0.15, 0.2) is 17.3 Å². The predicted octanol–water partition coefficient (Wildman–Crippen LogP) is 2.21. The summed E-state index contributed by atoms with van der Waals surface area (Å²) in [4.78, 5) is 20.9. The van der Waals surface area contributed by atoms with Crippen molar-refractivity contribution < 1.29 is 14.6 Å². The van der Waals surface area contributed by atoms with Crippen molar-refractivity contribution in [2.45, 2.75) is 20.0 Å². The first-order valence-electron chi connectivity index (χ1n) is 8.80. The topological polar surface area (TPSA) is 107 Å². The predicted molar refractivity (Wildman–Crippen MR) is 99.9 cm³/mol. The normalized spacial score (nSPS) is 12.2. The Hall–Kier alpha value is -3.59. The van der Waals surface area contributed by atoms with Crippen LogP contribution in [0.3, 0.4) is 0 Å². The molecule has 4 aromatic rings. The van der Waals surface area contributed by atoms with Gasteiger partial charge in [-0.1, -0.05) is 6.07 Å². The van der Waals surface area contributed by atoms with Crippen molar-refractivity contribution >= 4 is 11.6 Å². The highest BCUT2D eigenvalue weighted by Gasteiger charge is 2.20. The second kappa shape index (κ2) is 7.20. The number of benzene rings is 1. The molecule has 3 heterocycles. The summed E-state index contributed by atoms with van der Waals surface area (Å²) in [5, 5.41) is 18.7. The average molecular weight is 378 g/mol. The zero-order chi connectivity index (χ0) is 19.7. The van der Waals surface area contributed by atoms with Gasteiger partial charge in [0, 0.05) is 6.20 Å². The number of ether oxygens (including phenoxy) is 1. The quantitative estimate of drug-likeness (QED) is 0.531. The van der Waals surface area contributed by atoms with E-state index in [9.17, 15) is 9.90 Å². The van der Waals surface area contributed by atoms with E-state index in [0.717, 1.165) is 0 Å². The van der Waals surface area contributed by atoms with Gasteiger partial charge in [0.1, 0.15) is 11.8 Å². The number of nitrogens with zero attached hydrogens (tertiary/aromatic N) is 6. The van der Waals surface area contributed by atoms with Crippen LogP contribution in [-0.2, 0) is 4.74 Å². The zero-order valence-corrected chi connectivity index (χ0v) is 15.4. The third-order valence-corrected chi connectivity index (χ3v) is 4.11. The summed E-state index contributed by atoms with van der Waals surface area (Å²) in [7, 11) is 0. The van der Waals surface area contributed by atoms with E-state index in [1.165, 1.54) is 0 Å². The summed E-state index contributed by atoms with van der Waals surface area (Å²) in [6.07, 6.45) is 2.43. The summed E-state index contributed by atoms with van der Waals surface area (Å²) >= 11 is 0. The van der Waals surface area contributed by atoms with E-state index in [2.05, 4.69) is 20.2 Å². The molecule has 1 aromatic carbocycles. The summed E-state index contributed by atoms with van der Waals surface area (Å²) in [5.41, 5.74) is 2.27. The monoisotopic (exact) mass is 378 g/mol. The van der Waals surface area contributed by atoms with E-state index in [-0.39, 0.29) is 12.4 Å². The first-order valence-corrected chi connectivity index (χ1v) is 8.80. The molecule has 0 bridgehead atoms. The van der Waals surface area contributed by atoms with Crippen LogP contribution in [0.5, 0.6) is 0 Å². The first kappa shape index (κ1) is 17.8. The fourth-order valence-electron chi connectivity index (χ4n) is 2.81. The fourth-order valence-corrected chi connectivity index (χ4v) is 2.81. The molecule has 0 aliphatic heterocycles. The van der Waals surface area contributed by atoms with Gasteiger partial charge in [-0.3, -0.25) is 0 Å². The van der Waals surface area contributed by atoms with E-state index < -0.39 is 12.1 Å². The van der Waals surface area contributed by atoms with Gasteiger partial charge in [0.2, 0.25) is 0 Å². The van der Waals surface area contributed by atoms with Gasteiger partial charge in [0.25, 0.3) is 0 Å². The highest BCUT2D eigenvalue weighted by atomic mass is 16.5. The minimum atomic E-state index is -0.861. The lowest BCUT2D eigenvalue weighted by Gasteiger charge is -2.07. The summed E-state index contributed by atoms with van der Waals surface area (Å²) in [5.74, 6) is 0.281. The number of aliphatic hydroxyl groups is 1. The Kier molecular flexibility index (Phi) is 4.58. The minimum Gasteiger partial charge on any atom is -0.462 e. The van der Waals surface area contributed by atoms with Crippen molar-refractivity contribution in [2.24, 2.45) is 0 Å². The van der Waals surface area contributed by atoms with Crippen LogP contribution in [0.1, 0.15) is 36.1 Å². The molecular formula is C19H18N6O3. The van der Waals surface area contributed by atoms with Crippen LogP contribution in [0.2, 0.25) is 0 Å². The van der Waals surface area contributed by atoms with Gasteiger partial charge >= 0.3 is 5.97 Å². The number of aliphatic hydroxyl groups excluding tert-OH is 1. The maximum atomic E-state index is 12.1. The lowest BCUT2D eigenvalue weighted by atomic mass is 10.2. The lowest BCUT2D eigenvalue weighted by molar-refractivity contribution is 0.0526. The van der Waals surface area contributed by atoms with Gasteiger partial charge < -0.3 is 9.84 Å². The number of esters is 1.